The van der Waals surface area contributed by atoms with Gasteiger partial charge < -0.3 is 9.22 Å². The molecule has 0 aliphatic carbocycles. The van der Waals surface area contributed by atoms with Crippen molar-refractivity contribution < 1.29 is 9.22 Å². The van der Waals surface area contributed by atoms with Crippen molar-refractivity contribution in [2.24, 2.45) is 0 Å². The zero-order valence-corrected chi connectivity index (χ0v) is 12.1. The average Bonchev–Trinajstić information content (AvgIpc) is 2.26. The third-order valence-corrected chi connectivity index (χ3v) is 3.45. The molecule has 0 bridgehead atoms. The lowest BCUT2D eigenvalue weighted by Crippen LogP contribution is -2.53. The van der Waals surface area contributed by atoms with Crippen LogP contribution in [-0.2, 0) is 4.74 Å². The van der Waals surface area contributed by atoms with Crippen molar-refractivity contribution in [3.8, 4) is 0 Å². The molecule has 0 radical (unpaired) electrons. The highest BCUT2D eigenvalue weighted by Crippen LogP contribution is 2.13. The van der Waals surface area contributed by atoms with E-state index in [4.69, 9.17) is 4.74 Å². The van der Waals surface area contributed by atoms with Crippen LogP contribution >= 0.6 is 0 Å². The van der Waals surface area contributed by atoms with Crippen molar-refractivity contribution in [1.29, 1.82) is 0 Å². The van der Waals surface area contributed by atoms with E-state index in [-0.39, 0.29) is 0 Å². The summed E-state index contributed by atoms with van der Waals surface area (Å²) in [6.45, 7) is 17.1. The molecule has 2 nitrogen and oxygen atoms in total. The molecule has 0 aromatic carbocycles. The molecule has 0 fully saturated rings. The van der Waals surface area contributed by atoms with Gasteiger partial charge in [0.2, 0.25) is 0 Å². The van der Waals surface area contributed by atoms with Gasteiger partial charge in [0.25, 0.3) is 0 Å². The van der Waals surface area contributed by atoms with Crippen molar-refractivity contribution in [3.05, 3.63) is 0 Å². The van der Waals surface area contributed by atoms with E-state index in [1.54, 1.807) is 0 Å². The number of rotatable bonds is 10. The first kappa shape index (κ1) is 15.9. The third-order valence-electron chi connectivity index (χ3n) is 3.45. The molecule has 16 heavy (non-hydrogen) atoms. The Bertz CT molecular complexity index is 161. The van der Waals surface area contributed by atoms with E-state index in [9.17, 15) is 0 Å². The number of unbranched alkanes of at least 4 members (excludes halogenated alkanes) is 1. The van der Waals surface area contributed by atoms with Crippen LogP contribution in [0, 0.1) is 0 Å². The fraction of sp³-hybridized carbons (Fsp3) is 1.00. The zero-order chi connectivity index (χ0) is 12.4. The molecule has 0 N–H and O–H groups in total. The molecule has 0 spiro atoms. The summed E-state index contributed by atoms with van der Waals surface area (Å²) in [5.74, 6) is 0. The number of hydrogen-bond acceptors (Lipinski definition) is 1. The summed E-state index contributed by atoms with van der Waals surface area (Å²) in [6.07, 6.45) is 4.31. The molecule has 2 unspecified atom stereocenters. The van der Waals surface area contributed by atoms with E-state index >= 15 is 0 Å². The fourth-order valence-corrected chi connectivity index (χ4v) is 2.59. The second-order valence-corrected chi connectivity index (χ2v) is 4.91. The van der Waals surface area contributed by atoms with Gasteiger partial charge in [-0.1, -0.05) is 20.3 Å². The molecule has 0 heterocycles. The van der Waals surface area contributed by atoms with E-state index in [1.165, 1.54) is 49.9 Å². The van der Waals surface area contributed by atoms with Crippen LogP contribution in [0.1, 0.15) is 53.9 Å². The summed E-state index contributed by atoms with van der Waals surface area (Å²) in [6, 6.07) is 0. The lowest BCUT2D eigenvalue weighted by molar-refractivity contribution is -0.929. The smallest absolute Gasteiger partial charge is 0.105 e. The number of nitrogens with zero attached hydrogens (tertiary/aromatic N) is 1. The minimum atomic E-state index is 0.397. The number of ether oxygens (including phenoxy) is 1. The SMILES string of the molecule is CCCC[N+](CC)(CCC)CC(C)OCC. The second kappa shape index (κ2) is 9.00. The van der Waals surface area contributed by atoms with E-state index in [0.717, 1.165) is 6.61 Å². The zero-order valence-electron chi connectivity index (χ0n) is 12.1. The number of likely N-dealkylation sites (N-methyl/N-ethyl adjacent to an activating group) is 1. The van der Waals surface area contributed by atoms with Gasteiger partial charge in [0, 0.05) is 6.61 Å². The maximum Gasteiger partial charge on any atom is 0.105 e. The lowest BCUT2D eigenvalue weighted by atomic mass is 10.2. The summed E-state index contributed by atoms with van der Waals surface area (Å²) in [4.78, 5) is 0. The summed E-state index contributed by atoms with van der Waals surface area (Å²) in [5, 5.41) is 0. The minimum Gasteiger partial charge on any atom is -0.373 e. The predicted molar refractivity (Wildman–Crippen MR) is 71.7 cm³/mol. The molecule has 0 amide bonds. The highest BCUT2D eigenvalue weighted by atomic mass is 16.5. The highest BCUT2D eigenvalue weighted by molar-refractivity contribution is 4.52. The highest BCUT2D eigenvalue weighted by Gasteiger charge is 2.26. The van der Waals surface area contributed by atoms with Gasteiger partial charge in [0.1, 0.15) is 12.6 Å². The normalized spacial score (nSPS) is 17.1. The maximum atomic E-state index is 5.71. The maximum absolute atomic E-state index is 5.71. The first-order valence-corrected chi connectivity index (χ1v) is 7.10. The van der Waals surface area contributed by atoms with Gasteiger partial charge in [-0.15, -0.1) is 0 Å². The second-order valence-electron chi connectivity index (χ2n) is 4.91. The topological polar surface area (TPSA) is 9.23 Å². The van der Waals surface area contributed by atoms with Crippen molar-refractivity contribution in [1.82, 2.24) is 0 Å². The van der Waals surface area contributed by atoms with Crippen LogP contribution in [0.25, 0.3) is 0 Å². The van der Waals surface area contributed by atoms with Gasteiger partial charge in [-0.25, -0.2) is 0 Å². The third kappa shape index (κ3) is 5.86. The van der Waals surface area contributed by atoms with E-state index in [0.29, 0.717) is 6.10 Å². The Morgan fingerprint density at radius 1 is 1.00 bits per heavy atom. The molecule has 98 valence electrons. The van der Waals surface area contributed by atoms with Gasteiger partial charge in [-0.05, 0) is 33.6 Å². The van der Waals surface area contributed by atoms with Crippen molar-refractivity contribution in [2.75, 3.05) is 32.8 Å². The van der Waals surface area contributed by atoms with Crippen molar-refractivity contribution >= 4 is 0 Å². The minimum absolute atomic E-state index is 0.397. The van der Waals surface area contributed by atoms with Crippen LogP contribution in [0.2, 0.25) is 0 Å². The van der Waals surface area contributed by atoms with Gasteiger partial charge in [-0.3, -0.25) is 0 Å². The Kier molecular flexibility index (Phi) is 8.96. The first-order chi connectivity index (χ1) is 7.64. The molecule has 0 aromatic heterocycles. The average molecular weight is 230 g/mol. The Balaban J connectivity index is 4.35. The summed E-state index contributed by atoms with van der Waals surface area (Å²) < 4.78 is 6.95. The van der Waals surface area contributed by atoms with E-state index in [2.05, 4.69) is 34.6 Å². The molecule has 0 saturated heterocycles. The lowest BCUT2D eigenvalue weighted by Gasteiger charge is -2.39. The number of quaternary nitrogens is 1. The van der Waals surface area contributed by atoms with Crippen molar-refractivity contribution in [2.45, 2.75) is 60.0 Å². The molecule has 2 heteroatoms. The predicted octanol–water partition coefficient (Wildman–Crippen LogP) is 3.46. The van der Waals surface area contributed by atoms with E-state index < -0.39 is 0 Å². The van der Waals surface area contributed by atoms with Gasteiger partial charge in [-0.2, -0.15) is 0 Å². The molecule has 0 aliphatic rings. The Hall–Kier alpha value is -0.0800. The molecule has 0 aromatic rings. The quantitative estimate of drug-likeness (QED) is 0.522. The summed E-state index contributed by atoms with van der Waals surface area (Å²) >= 11 is 0. The van der Waals surface area contributed by atoms with E-state index in [1.807, 2.05) is 0 Å². The molecular weight excluding hydrogens is 198 g/mol. The molecule has 0 aliphatic heterocycles. The van der Waals surface area contributed by atoms with Gasteiger partial charge in [0.15, 0.2) is 0 Å². The summed E-state index contributed by atoms with van der Waals surface area (Å²) in [5.41, 5.74) is 0. The monoisotopic (exact) mass is 230 g/mol. The van der Waals surface area contributed by atoms with Crippen LogP contribution in [0.4, 0.5) is 0 Å². The standard InChI is InChI=1S/C14H32NO/c1-6-10-12-15(8-3,11-7-2)13-14(5)16-9-4/h14H,6-13H2,1-5H3/q+1. The van der Waals surface area contributed by atoms with Crippen LogP contribution in [-0.4, -0.2) is 43.4 Å². The van der Waals surface area contributed by atoms with Crippen LogP contribution in [0.5, 0.6) is 0 Å². The summed E-state index contributed by atoms with van der Waals surface area (Å²) in [7, 11) is 0. The Labute approximate surface area is 103 Å². The molecular formula is C14H32NO+. The number of hydrogen-bond donors (Lipinski definition) is 0. The molecule has 2 atom stereocenters. The van der Waals surface area contributed by atoms with Crippen molar-refractivity contribution in [3.63, 3.8) is 0 Å². The fourth-order valence-electron chi connectivity index (χ4n) is 2.59. The Morgan fingerprint density at radius 3 is 2.12 bits per heavy atom. The Morgan fingerprint density at radius 2 is 1.69 bits per heavy atom. The van der Waals surface area contributed by atoms with Gasteiger partial charge >= 0.3 is 0 Å². The van der Waals surface area contributed by atoms with Crippen LogP contribution < -0.4 is 0 Å². The largest absolute Gasteiger partial charge is 0.373 e. The van der Waals surface area contributed by atoms with Gasteiger partial charge in [0.05, 0.1) is 19.6 Å². The first-order valence-electron chi connectivity index (χ1n) is 7.10. The molecule has 0 saturated carbocycles. The van der Waals surface area contributed by atoms with Crippen LogP contribution in [0.3, 0.4) is 0 Å². The molecule has 0 rings (SSSR count). The van der Waals surface area contributed by atoms with Crippen LogP contribution in [0.15, 0.2) is 0 Å².